The molecule has 0 saturated carbocycles. The number of rotatable bonds is 12. The number of sulfonamides is 1. The van der Waals surface area contributed by atoms with E-state index in [-0.39, 0.29) is 29.1 Å². The maximum absolute atomic E-state index is 14.0. The molecular weight excluding hydrogens is 526 g/mol. The van der Waals surface area contributed by atoms with Crippen molar-refractivity contribution in [1.29, 1.82) is 0 Å². The van der Waals surface area contributed by atoms with Crippen molar-refractivity contribution in [3.8, 4) is 5.75 Å². The standard InChI is InChI=1S/C31H39N3O5S/c1-7-24(4)32-31(36)25(5)33(20-26-11-9-8-10-12-26)30(35)21-34(28-19-23(3)15-18-29(28)39-6)40(37,38)27-16-13-22(2)14-17-27/h8-19,24-25H,7,20-21H2,1-6H3,(H,32,36)/t24-,25-/m0/s1. The number of nitrogens with one attached hydrogen (secondary N) is 1. The normalized spacial score (nSPS) is 12.8. The predicted octanol–water partition coefficient (Wildman–Crippen LogP) is 4.84. The molecule has 0 aromatic heterocycles. The molecule has 3 aromatic carbocycles. The van der Waals surface area contributed by atoms with E-state index in [1.54, 1.807) is 31.2 Å². The number of aryl methyl sites for hydroxylation is 2. The molecule has 3 rings (SSSR count). The van der Waals surface area contributed by atoms with Crippen molar-refractivity contribution >= 4 is 27.5 Å². The number of nitrogens with zero attached hydrogens (tertiary/aromatic N) is 2. The summed E-state index contributed by atoms with van der Waals surface area (Å²) < 4.78 is 34.7. The molecule has 0 radical (unpaired) electrons. The van der Waals surface area contributed by atoms with Gasteiger partial charge in [-0.1, -0.05) is 61.0 Å². The fraction of sp³-hybridized carbons (Fsp3) is 0.355. The van der Waals surface area contributed by atoms with Crippen molar-refractivity contribution in [1.82, 2.24) is 10.2 Å². The second-order valence-electron chi connectivity index (χ2n) is 10.0. The molecule has 9 heteroatoms. The van der Waals surface area contributed by atoms with Crippen LogP contribution in [0.2, 0.25) is 0 Å². The molecule has 0 fully saturated rings. The molecule has 0 bridgehead atoms. The van der Waals surface area contributed by atoms with Gasteiger partial charge >= 0.3 is 0 Å². The fourth-order valence-electron chi connectivity index (χ4n) is 4.17. The minimum Gasteiger partial charge on any atom is -0.495 e. The van der Waals surface area contributed by atoms with Crippen LogP contribution in [0.5, 0.6) is 5.75 Å². The number of hydrogen-bond donors (Lipinski definition) is 1. The monoisotopic (exact) mass is 565 g/mol. The predicted molar refractivity (Wildman–Crippen MR) is 158 cm³/mol. The van der Waals surface area contributed by atoms with E-state index < -0.39 is 28.5 Å². The maximum atomic E-state index is 14.0. The third kappa shape index (κ3) is 7.41. The molecule has 0 aliphatic carbocycles. The lowest BCUT2D eigenvalue weighted by Gasteiger charge is -2.33. The number of methoxy groups -OCH3 is 1. The van der Waals surface area contributed by atoms with Crippen molar-refractivity contribution in [3.05, 3.63) is 89.5 Å². The Morgan fingerprint density at radius 2 is 1.55 bits per heavy atom. The van der Waals surface area contributed by atoms with Crippen LogP contribution < -0.4 is 14.4 Å². The third-order valence-corrected chi connectivity index (χ3v) is 8.63. The highest BCUT2D eigenvalue weighted by Gasteiger charge is 2.34. The molecule has 0 aliphatic rings. The summed E-state index contributed by atoms with van der Waals surface area (Å²) in [4.78, 5) is 28.7. The lowest BCUT2D eigenvalue weighted by atomic mass is 10.1. The molecular formula is C31H39N3O5S. The molecule has 214 valence electrons. The Kier molecular flexibility index (Phi) is 10.3. The zero-order chi connectivity index (χ0) is 29.4. The Balaban J connectivity index is 2.08. The Labute approximate surface area is 238 Å². The van der Waals surface area contributed by atoms with Crippen molar-refractivity contribution in [3.63, 3.8) is 0 Å². The Morgan fingerprint density at radius 1 is 0.925 bits per heavy atom. The van der Waals surface area contributed by atoms with Crippen LogP contribution in [0.15, 0.2) is 77.7 Å². The molecule has 0 aliphatic heterocycles. The number of hydrogen-bond acceptors (Lipinski definition) is 5. The summed E-state index contributed by atoms with van der Waals surface area (Å²) in [5, 5.41) is 2.94. The molecule has 0 spiro atoms. The van der Waals surface area contributed by atoms with Crippen LogP contribution in [0.1, 0.15) is 43.9 Å². The molecule has 0 heterocycles. The highest BCUT2D eigenvalue weighted by atomic mass is 32.2. The zero-order valence-corrected chi connectivity index (χ0v) is 24.9. The minimum atomic E-state index is -4.19. The highest BCUT2D eigenvalue weighted by Crippen LogP contribution is 2.33. The summed E-state index contributed by atoms with van der Waals surface area (Å²) in [7, 11) is -2.73. The lowest BCUT2D eigenvalue weighted by molar-refractivity contribution is -0.139. The molecule has 8 nitrogen and oxygen atoms in total. The van der Waals surface area contributed by atoms with Crippen LogP contribution in [0.4, 0.5) is 5.69 Å². The van der Waals surface area contributed by atoms with E-state index >= 15 is 0 Å². The smallest absolute Gasteiger partial charge is 0.264 e. The van der Waals surface area contributed by atoms with Crippen LogP contribution in [-0.4, -0.2) is 50.9 Å². The zero-order valence-electron chi connectivity index (χ0n) is 24.0. The second-order valence-corrected chi connectivity index (χ2v) is 11.9. The number of carbonyl (C=O) groups is 2. The first-order valence-electron chi connectivity index (χ1n) is 13.4. The molecule has 2 atom stereocenters. The summed E-state index contributed by atoms with van der Waals surface area (Å²) in [5.41, 5.74) is 2.77. The van der Waals surface area contributed by atoms with Crippen molar-refractivity contribution < 1.29 is 22.7 Å². The Bertz CT molecular complexity index is 1410. The lowest BCUT2D eigenvalue weighted by Crippen LogP contribution is -2.52. The quantitative estimate of drug-likeness (QED) is 0.339. The number of amides is 2. The molecule has 2 amide bonds. The molecule has 1 N–H and O–H groups in total. The summed E-state index contributed by atoms with van der Waals surface area (Å²) in [5.74, 6) is -0.513. The van der Waals surface area contributed by atoms with E-state index in [2.05, 4.69) is 5.32 Å². The molecule has 3 aromatic rings. The van der Waals surface area contributed by atoms with Crippen LogP contribution >= 0.6 is 0 Å². The van der Waals surface area contributed by atoms with E-state index in [0.717, 1.165) is 27.4 Å². The average molecular weight is 566 g/mol. The van der Waals surface area contributed by atoms with Gasteiger partial charge in [-0.05, 0) is 69.5 Å². The van der Waals surface area contributed by atoms with Gasteiger partial charge in [0.05, 0.1) is 17.7 Å². The molecule has 40 heavy (non-hydrogen) atoms. The minimum absolute atomic E-state index is 0.0478. The number of ether oxygens (including phenoxy) is 1. The van der Waals surface area contributed by atoms with Gasteiger partial charge in [0.2, 0.25) is 11.8 Å². The van der Waals surface area contributed by atoms with Crippen LogP contribution in [-0.2, 0) is 26.2 Å². The van der Waals surface area contributed by atoms with Crippen molar-refractivity contribution in [2.45, 2.75) is 64.6 Å². The van der Waals surface area contributed by atoms with E-state index in [0.29, 0.717) is 5.75 Å². The second kappa shape index (κ2) is 13.5. The van der Waals surface area contributed by atoms with Crippen LogP contribution in [0.3, 0.4) is 0 Å². The van der Waals surface area contributed by atoms with Crippen LogP contribution in [0.25, 0.3) is 0 Å². The van der Waals surface area contributed by atoms with Gasteiger partial charge in [0.1, 0.15) is 18.3 Å². The largest absolute Gasteiger partial charge is 0.495 e. The average Bonchev–Trinajstić information content (AvgIpc) is 2.94. The molecule has 0 saturated heterocycles. The third-order valence-electron chi connectivity index (χ3n) is 6.85. The van der Waals surface area contributed by atoms with Gasteiger partial charge in [-0.3, -0.25) is 13.9 Å². The summed E-state index contributed by atoms with van der Waals surface area (Å²) in [6.45, 7) is 8.84. The van der Waals surface area contributed by atoms with Crippen LogP contribution in [0, 0.1) is 13.8 Å². The maximum Gasteiger partial charge on any atom is 0.264 e. The Hall–Kier alpha value is -3.85. The summed E-state index contributed by atoms with van der Waals surface area (Å²) in [6.07, 6.45) is 0.737. The van der Waals surface area contributed by atoms with Gasteiger partial charge < -0.3 is 15.0 Å². The van der Waals surface area contributed by atoms with Gasteiger partial charge in [-0.15, -0.1) is 0 Å². The van der Waals surface area contributed by atoms with E-state index in [9.17, 15) is 18.0 Å². The SMILES string of the molecule is CC[C@H](C)NC(=O)[C@H](C)N(Cc1ccccc1)C(=O)CN(c1cc(C)ccc1OC)S(=O)(=O)c1ccc(C)cc1. The highest BCUT2D eigenvalue weighted by molar-refractivity contribution is 7.92. The number of benzene rings is 3. The van der Waals surface area contributed by atoms with Gasteiger partial charge in [0.25, 0.3) is 10.0 Å². The van der Waals surface area contributed by atoms with Gasteiger partial charge in [-0.25, -0.2) is 8.42 Å². The topological polar surface area (TPSA) is 96.0 Å². The van der Waals surface area contributed by atoms with E-state index in [1.165, 1.54) is 24.1 Å². The first kappa shape index (κ1) is 30.7. The number of anilines is 1. The Morgan fingerprint density at radius 3 is 2.15 bits per heavy atom. The van der Waals surface area contributed by atoms with Crippen molar-refractivity contribution in [2.75, 3.05) is 18.0 Å². The van der Waals surface area contributed by atoms with Gasteiger partial charge in [-0.2, -0.15) is 0 Å². The first-order chi connectivity index (χ1) is 19.0. The summed E-state index contributed by atoms with van der Waals surface area (Å²) in [6, 6.07) is 20.0. The summed E-state index contributed by atoms with van der Waals surface area (Å²) >= 11 is 0. The van der Waals surface area contributed by atoms with Gasteiger partial charge in [0.15, 0.2) is 0 Å². The van der Waals surface area contributed by atoms with Gasteiger partial charge in [0, 0.05) is 12.6 Å². The van der Waals surface area contributed by atoms with E-state index in [1.807, 2.05) is 64.1 Å². The van der Waals surface area contributed by atoms with E-state index in [4.69, 9.17) is 4.74 Å². The van der Waals surface area contributed by atoms with Crippen molar-refractivity contribution in [2.24, 2.45) is 0 Å². The molecule has 0 unspecified atom stereocenters. The number of carbonyl (C=O) groups excluding carboxylic acids is 2. The first-order valence-corrected chi connectivity index (χ1v) is 14.8. The fourth-order valence-corrected chi connectivity index (χ4v) is 5.59.